The fourth-order valence-electron chi connectivity index (χ4n) is 5.20. The molecule has 3 heterocycles. The number of benzene rings is 1. The van der Waals surface area contributed by atoms with E-state index in [2.05, 4.69) is 0 Å². The predicted molar refractivity (Wildman–Crippen MR) is 75.9 cm³/mol. The Kier molecular flexibility index (Phi) is 2.06. The molecule has 21 heavy (non-hydrogen) atoms. The van der Waals surface area contributed by atoms with Crippen LogP contribution >= 0.6 is 0 Å². The van der Waals surface area contributed by atoms with Gasteiger partial charge < -0.3 is 9.64 Å². The smallest absolute Gasteiger partial charge is 0.316 e. The van der Waals surface area contributed by atoms with E-state index in [1.165, 1.54) is 0 Å². The Labute approximate surface area is 123 Å². The number of rotatable bonds is 0. The highest BCUT2D eigenvalue weighted by molar-refractivity contribution is 6.02. The van der Waals surface area contributed by atoms with Crippen molar-refractivity contribution in [3.63, 3.8) is 0 Å². The minimum absolute atomic E-state index is 0.107. The van der Waals surface area contributed by atoms with Gasteiger partial charge in [-0.25, -0.2) is 0 Å². The molecule has 4 nitrogen and oxygen atoms in total. The number of fused-ring (bicyclic) bond motifs is 3. The van der Waals surface area contributed by atoms with Gasteiger partial charge in [-0.3, -0.25) is 9.59 Å². The lowest BCUT2D eigenvalue weighted by molar-refractivity contribution is -0.152. The summed E-state index contributed by atoms with van der Waals surface area (Å²) in [5.41, 5.74) is 1.48. The van der Waals surface area contributed by atoms with Crippen molar-refractivity contribution in [1.29, 1.82) is 0 Å². The van der Waals surface area contributed by atoms with Gasteiger partial charge in [0.25, 0.3) is 0 Å². The zero-order valence-corrected chi connectivity index (χ0v) is 11.7. The molecule has 108 valence electrons. The summed E-state index contributed by atoms with van der Waals surface area (Å²) in [6.07, 6.45) is 4.51. The Morgan fingerprint density at radius 2 is 2.05 bits per heavy atom. The van der Waals surface area contributed by atoms with Crippen LogP contribution in [0.25, 0.3) is 0 Å². The van der Waals surface area contributed by atoms with Crippen molar-refractivity contribution < 1.29 is 14.3 Å². The summed E-state index contributed by atoms with van der Waals surface area (Å²) in [5, 5.41) is 0. The second kappa shape index (κ2) is 3.67. The number of anilines is 1. The number of hydrogen-bond donors (Lipinski definition) is 0. The van der Waals surface area contributed by atoms with Gasteiger partial charge in [0.2, 0.25) is 5.91 Å². The maximum Gasteiger partial charge on any atom is 0.316 e. The first-order valence-electron chi connectivity index (χ1n) is 7.86. The van der Waals surface area contributed by atoms with Crippen LogP contribution in [0.1, 0.15) is 43.6 Å². The molecule has 1 aromatic carbocycles. The van der Waals surface area contributed by atoms with Crippen LogP contribution in [0.4, 0.5) is 5.69 Å². The summed E-state index contributed by atoms with van der Waals surface area (Å²) >= 11 is 0. The minimum atomic E-state index is -0.424. The van der Waals surface area contributed by atoms with Crippen molar-refractivity contribution >= 4 is 17.6 Å². The SMILES string of the molecule is O=C1O[C@@]23CCC[C@@H]2CCC(=O)N2c4ccccc4[C@H]1[C@@H]23. The van der Waals surface area contributed by atoms with E-state index in [1.54, 1.807) is 0 Å². The van der Waals surface area contributed by atoms with Crippen molar-refractivity contribution in [3.05, 3.63) is 29.8 Å². The Morgan fingerprint density at radius 3 is 2.95 bits per heavy atom. The van der Waals surface area contributed by atoms with E-state index in [4.69, 9.17) is 4.74 Å². The van der Waals surface area contributed by atoms with Gasteiger partial charge in [-0.15, -0.1) is 0 Å². The van der Waals surface area contributed by atoms with Crippen molar-refractivity contribution in [2.75, 3.05) is 4.90 Å². The summed E-state index contributed by atoms with van der Waals surface area (Å²) in [6, 6.07) is 7.74. The molecule has 0 bridgehead atoms. The quantitative estimate of drug-likeness (QED) is 0.687. The second-order valence-electron chi connectivity index (χ2n) is 6.75. The molecule has 0 N–H and O–H groups in total. The fraction of sp³-hybridized carbons (Fsp3) is 0.529. The van der Waals surface area contributed by atoms with Crippen molar-refractivity contribution in [2.24, 2.45) is 5.92 Å². The standard InChI is InChI=1S/C17H17NO3/c19-13-8-7-10-4-3-9-17(10)15-14(16(20)21-17)11-5-1-2-6-12(11)18(13)15/h1-2,5-6,10,14-15H,3-4,7-9H2/t10-,14+,15-,17+/m1/s1. The first-order chi connectivity index (χ1) is 10.2. The maximum absolute atomic E-state index is 12.7. The van der Waals surface area contributed by atoms with Gasteiger partial charge in [0.05, 0.1) is 6.04 Å². The number of para-hydroxylation sites is 1. The van der Waals surface area contributed by atoms with E-state index < -0.39 is 5.60 Å². The fourth-order valence-corrected chi connectivity index (χ4v) is 5.20. The van der Waals surface area contributed by atoms with Crippen molar-refractivity contribution in [1.82, 2.24) is 0 Å². The number of amides is 1. The molecule has 4 atom stereocenters. The van der Waals surface area contributed by atoms with Gasteiger partial charge in [-0.05, 0) is 37.3 Å². The van der Waals surface area contributed by atoms with E-state index in [0.717, 1.165) is 36.9 Å². The number of carbonyl (C=O) groups excluding carboxylic acids is 2. The van der Waals surface area contributed by atoms with Crippen molar-refractivity contribution in [3.8, 4) is 0 Å². The van der Waals surface area contributed by atoms with Gasteiger partial charge in [0.1, 0.15) is 11.5 Å². The molecule has 4 aliphatic rings. The van der Waals surface area contributed by atoms with Crippen LogP contribution in [0.15, 0.2) is 24.3 Å². The van der Waals surface area contributed by atoms with Crippen LogP contribution in [-0.2, 0) is 14.3 Å². The topological polar surface area (TPSA) is 46.6 Å². The van der Waals surface area contributed by atoms with Crippen LogP contribution in [0.5, 0.6) is 0 Å². The van der Waals surface area contributed by atoms with Gasteiger partial charge in [-0.2, -0.15) is 0 Å². The Hall–Kier alpha value is -1.84. The third-order valence-corrected chi connectivity index (χ3v) is 5.96. The molecule has 5 rings (SSSR count). The molecule has 1 spiro atoms. The average molecular weight is 283 g/mol. The van der Waals surface area contributed by atoms with Crippen LogP contribution in [-0.4, -0.2) is 23.5 Å². The van der Waals surface area contributed by atoms with Gasteiger partial charge in [0.15, 0.2) is 0 Å². The van der Waals surface area contributed by atoms with E-state index >= 15 is 0 Å². The highest BCUT2D eigenvalue weighted by atomic mass is 16.6. The lowest BCUT2D eigenvalue weighted by Gasteiger charge is -2.36. The molecule has 4 heteroatoms. The zero-order chi connectivity index (χ0) is 14.2. The molecule has 0 aromatic heterocycles. The van der Waals surface area contributed by atoms with Gasteiger partial charge >= 0.3 is 5.97 Å². The summed E-state index contributed by atoms with van der Waals surface area (Å²) in [7, 11) is 0. The first-order valence-corrected chi connectivity index (χ1v) is 7.86. The summed E-state index contributed by atoms with van der Waals surface area (Å²) in [4.78, 5) is 27.1. The largest absolute Gasteiger partial charge is 0.456 e. The Balaban J connectivity index is 1.78. The molecular formula is C17H17NO3. The summed E-state index contributed by atoms with van der Waals surface area (Å²) in [6.45, 7) is 0. The number of nitrogens with zero attached hydrogens (tertiary/aromatic N) is 1. The molecule has 3 aliphatic heterocycles. The van der Waals surface area contributed by atoms with Crippen LogP contribution in [0, 0.1) is 5.92 Å². The van der Waals surface area contributed by atoms with Crippen molar-refractivity contribution in [2.45, 2.75) is 49.7 Å². The minimum Gasteiger partial charge on any atom is -0.456 e. The normalized spacial score (nSPS) is 39.6. The molecule has 0 unspecified atom stereocenters. The maximum atomic E-state index is 12.7. The molecule has 2 saturated heterocycles. The highest BCUT2D eigenvalue weighted by Crippen LogP contribution is 2.59. The third-order valence-electron chi connectivity index (χ3n) is 5.96. The molecule has 1 saturated carbocycles. The molecule has 1 amide bonds. The number of ether oxygens (including phenoxy) is 1. The Bertz CT molecular complexity index is 668. The monoisotopic (exact) mass is 283 g/mol. The van der Waals surface area contributed by atoms with Crippen LogP contribution in [0.2, 0.25) is 0 Å². The van der Waals surface area contributed by atoms with Gasteiger partial charge in [0, 0.05) is 18.0 Å². The number of esters is 1. The summed E-state index contributed by atoms with van der Waals surface area (Å²) < 4.78 is 5.96. The lowest BCUT2D eigenvalue weighted by Crippen LogP contribution is -2.51. The second-order valence-corrected chi connectivity index (χ2v) is 6.75. The zero-order valence-electron chi connectivity index (χ0n) is 11.7. The predicted octanol–water partition coefficient (Wildman–Crippen LogP) is 2.37. The van der Waals surface area contributed by atoms with Crippen LogP contribution < -0.4 is 4.90 Å². The lowest BCUT2D eigenvalue weighted by atomic mass is 9.79. The van der Waals surface area contributed by atoms with E-state index in [-0.39, 0.29) is 23.8 Å². The van der Waals surface area contributed by atoms with E-state index in [0.29, 0.717) is 12.3 Å². The number of carbonyl (C=O) groups is 2. The average Bonchev–Trinajstić information content (AvgIpc) is 3.09. The third kappa shape index (κ3) is 1.23. The first kappa shape index (κ1) is 11.8. The molecule has 1 aromatic rings. The van der Waals surface area contributed by atoms with Gasteiger partial charge in [-0.1, -0.05) is 18.2 Å². The number of hydrogen-bond acceptors (Lipinski definition) is 3. The van der Waals surface area contributed by atoms with Crippen LogP contribution in [0.3, 0.4) is 0 Å². The Morgan fingerprint density at radius 1 is 1.19 bits per heavy atom. The molecule has 1 aliphatic carbocycles. The molecular weight excluding hydrogens is 266 g/mol. The molecule has 3 fully saturated rings. The molecule has 0 radical (unpaired) electrons. The summed E-state index contributed by atoms with van der Waals surface area (Å²) in [5.74, 6) is 0.0992. The van der Waals surface area contributed by atoms with E-state index in [1.807, 2.05) is 29.2 Å². The highest BCUT2D eigenvalue weighted by Gasteiger charge is 2.68. The van der Waals surface area contributed by atoms with E-state index in [9.17, 15) is 9.59 Å².